The number of nitrogens with zero attached hydrogens (tertiary/aromatic N) is 3. The molecule has 3 aromatic heterocycles. The summed E-state index contributed by atoms with van der Waals surface area (Å²) >= 11 is 0. The summed E-state index contributed by atoms with van der Waals surface area (Å²) < 4.78 is 1.83. The molecule has 3 rings (SSSR count). The monoisotopic (exact) mass is 252 g/mol. The molecule has 0 atom stereocenters. The van der Waals surface area contributed by atoms with E-state index in [4.69, 9.17) is 5.73 Å². The van der Waals surface area contributed by atoms with Gasteiger partial charge in [-0.1, -0.05) is 0 Å². The van der Waals surface area contributed by atoms with Crippen LogP contribution in [-0.2, 0) is 6.54 Å². The number of fused-ring (bicyclic) bond motifs is 1. The first-order valence-electron chi connectivity index (χ1n) is 5.88. The molecule has 94 valence electrons. The van der Waals surface area contributed by atoms with Gasteiger partial charge in [0.2, 0.25) is 0 Å². The third-order valence-electron chi connectivity index (χ3n) is 3.00. The molecule has 3 aromatic rings. The predicted molar refractivity (Wildman–Crippen MR) is 71.6 cm³/mol. The average Bonchev–Trinajstić information content (AvgIpc) is 2.79. The standard InChI is InChI=1S/C14H12N4O/c15-13(19)12-8-11-2-1-5-17-14(11)18(12)9-10-3-6-16-7-4-10/h1-8H,9H2,(H2,15,19). The number of nitrogens with two attached hydrogens (primary N) is 1. The van der Waals surface area contributed by atoms with E-state index in [1.807, 2.05) is 28.8 Å². The molecule has 3 heterocycles. The van der Waals surface area contributed by atoms with Crippen LogP contribution < -0.4 is 5.73 Å². The molecule has 5 nitrogen and oxygen atoms in total. The van der Waals surface area contributed by atoms with E-state index in [-0.39, 0.29) is 0 Å². The van der Waals surface area contributed by atoms with E-state index in [1.165, 1.54) is 0 Å². The van der Waals surface area contributed by atoms with Gasteiger partial charge in [0.15, 0.2) is 0 Å². The smallest absolute Gasteiger partial charge is 0.265 e. The molecule has 0 aliphatic heterocycles. The van der Waals surface area contributed by atoms with Crippen LogP contribution in [0.5, 0.6) is 0 Å². The van der Waals surface area contributed by atoms with Gasteiger partial charge in [-0.3, -0.25) is 9.78 Å². The van der Waals surface area contributed by atoms with Crippen molar-refractivity contribution in [2.24, 2.45) is 5.73 Å². The van der Waals surface area contributed by atoms with Crippen LogP contribution in [-0.4, -0.2) is 20.4 Å². The molecule has 0 radical (unpaired) electrons. The van der Waals surface area contributed by atoms with Gasteiger partial charge in [0.25, 0.3) is 5.91 Å². The molecule has 0 aromatic carbocycles. The van der Waals surface area contributed by atoms with Crippen LogP contribution in [0.4, 0.5) is 0 Å². The zero-order valence-corrected chi connectivity index (χ0v) is 10.2. The fourth-order valence-corrected chi connectivity index (χ4v) is 2.12. The fourth-order valence-electron chi connectivity index (χ4n) is 2.12. The van der Waals surface area contributed by atoms with Crippen molar-refractivity contribution in [2.75, 3.05) is 0 Å². The number of hydrogen-bond acceptors (Lipinski definition) is 3. The number of hydrogen-bond donors (Lipinski definition) is 1. The molecule has 0 bridgehead atoms. The second-order valence-electron chi connectivity index (χ2n) is 4.25. The lowest BCUT2D eigenvalue weighted by Crippen LogP contribution is -2.17. The van der Waals surface area contributed by atoms with Crippen LogP contribution in [0.2, 0.25) is 0 Å². The van der Waals surface area contributed by atoms with Crippen molar-refractivity contribution in [3.8, 4) is 0 Å². The van der Waals surface area contributed by atoms with Gasteiger partial charge in [0.1, 0.15) is 11.3 Å². The maximum Gasteiger partial charge on any atom is 0.265 e. The lowest BCUT2D eigenvalue weighted by atomic mass is 10.2. The van der Waals surface area contributed by atoms with Crippen LogP contribution in [0.1, 0.15) is 16.1 Å². The van der Waals surface area contributed by atoms with Crippen LogP contribution in [0.15, 0.2) is 48.9 Å². The molecule has 0 spiro atoms. The maximum absolute atomic E-state index is 11.5. The predicted octanol–water partition coefficient (Wildman–Crippen LogP) is 1.58. The summed E-state index contributed by atoms with van der Waals surface area (Å²) in [6, 6.07) is 9.33. The number of carbonyl (C=O) groups is 1. The quantitative estimate of drug-likeness (QED) is 0.769. The number of aromatic nitrogens is 3. The van der Waals surface area contributed by atoms with E-state index in [0.29, 0.717) is 12.2 Å². The fraction of sp³-hybridized carbons (Fsp3) is 0.0714. The molecule has 0 saturated carbocycles. The Bertz CT molecular complexity index is 734. The highest BCUT2D eigenvalue weighted by molar-refractivity contribution is 5.96. The number of pyridine rings is 2. The van der Waals surface area contributed by atoms with E-state index in [2.05, 4.69) is 9.97 Å². The van der Waals surface area contributed by atoms with E-state index >= 15 is 0 Å². The zero-order chi connectivity index (χ0) is 13.2. The van der Waals surface area contributed by atoms with Gasteiger partial charge in [-0.2, -0.15) is 0 Å². The van der Waals surface area contributed by atoms with Gasteiger partial charge in [-0.05, 0) is 35.9 Å². The van der Waals surface area contributed by atoms with Crippen LogP contribution in [0.3, 0.4) is 0 Å². The van der Waals surface area contributed by atoms with Gasteiger partial charge >= 0.3 is 0 Å². The topological polar surface area (TPSA) is 73.8 Å². The molecule has 0 aliphatic rings. The SMILES string of the molecule is NC(=O)c1cc2cccnc2n1Cc1ccncc1. The van der Waals surface area contributed by atoms with Crippen LogP contribution in [0.25, 0.3) is 11.0 Å². The number of rotatable bonds is 3. The van der Waals surface area contributed by atoms with Gasteiger partial charge in [-0.25, -0.2) is 4.98 Å². The molecular formula is C14H12N4O. The lowest BCUT2D eigenvalue weighted by molar-refractivity contribution is 0.0992. The van der Waals surface area contributed by atoms with Crippen molar-refractivity contribution < 1.29 is 4.79 Å². The second-order valence-corrected chi connectivity index (χ2v) is 4.25. The summed E-state index contributed by atoms with van der Waals surface area (Å²) in [4.78, 5) is 19.8. The maximum atomic E-state index is 11.5. The summed E-state index contributed by atoms with van der Waals surface area (Å²) in [5.41, 5.74) is 7.70. The first kappa shape index (κ1) is 11.4. The van der Waals surface area contributed by atoms with Gasteiger partial charge in [0.05, 0.1) is 0 Å². The summed E-state index contributed by atoms with van der Waals surface area (Å²) in [7, 11) is 0. The molecule has 2 N–H and O–H groups in total. The number of amides is 1. The van der Waals surface area contributed by atoms with Crippen LogP contribution >= 0.6 is 0 Å². The molecule has 0 aliphatic carbocycles. The third kappa shape index (κ3) is 2.06. The Labute approximate surface area is 109 Å². The van der Waals surface area contributed by atoms with E-state index < -0.39 is 5.91 Å². The summed E-state index contributed by atoms with van der Waals surface area (Å²) in [5, 5.41) is 0.908. The largest absolute Gasteiger partial charge is 0.364 e. The molecule has 5 heteroatoms. The third-order valence-corrected chi connectivity index (χ3v) is 3.00. The van der Waals surface area contributed by atoms with Crippen molar-refractivity contribution in [1.82, 2.24) is 14.5 Å². The lowest BCUT2D eigenvalue weighted by Gasteiger charge is -2.07. The first-order valence-corrected chi connectivity index (χ1v) is 5.88. The minimum atomic E-state index is -0.452. The van der Waals surface area contributed by atoms with Crippen molar-refractivity contribution in [2.45, 2.75) is 6.54 Å². The molecular weight excluding hydrogens is 240 g/mol. The Morgan fingerprint density at radius 1 is 1.21 bits per heavy atom. The van der Waals surface area contributed by atoms with Gasteiger partial charge in [-0.15, -0.1) is 0 Å². The Hall–Kier alpha value is -2.69. The highest BCUT2D eigenvalue weighted by Gasteiger charge is 2.13. The summed E-state index contributed by atoms with van der Waals surface area (Å²) in [6.07, 6.45) is 5.15. The minimum Gasteiger partial charge on any atom is -0.364 e. The van der Waals surface area contributed by atoms with Gasteiger partial charge < -0.3 is 10.3 Å². The molecule has 19 heavy (non-hydrogen) atoms. The normalized spacial score (nSPS) is 10.7. The summed E-state index contributed by atoms with van der Waals surface area (Å²) in [6.45, 7) is 0.543. The van der Waals surface area contributed by atoms with Crippen molar-refractivity contribution in [1.29, 1.82) is 0 Å². The van der Waals surface area contributed by atoms with E-state index in [1.54, 1.807) is 24.7 Å². The second kappa shape index (κ2) is 4.53. The first-order chi connectivity index (χ1) is 9.25. The van der Waals surface area contributed by atoms with Gasteiger partial charge in [0, 0.05) is 30.5 Å². The van der Waals surface area contributed by atoms with Crippen molar-refractivity contribution >= 4 is 16.9 Å². The Kier molecular flexibility index (Phi) is 2.72. The highest BCUT2D eigenvalue weighted by Crippen LogP contribution is 2.18. The Morgan fingerprint density at radius 2 is 2.00 bits per heavy atom. The van der Waals surface area contributed by atoms with Crippen molar-refractivity contribution in [3.63, 3.8) is 0 Å². The molecule has 1 amide bonds. The van der Waals surface area contributed by atoms with E-state index in [9.17, 15) is 4.79 Å². The van der Waals surface area contributed by atoms with E-state index in [0.717, 1.165) is 16.6 Å². The highest BCUT2D eigenvalue weighted by atomic mass is 16.1. The average molecular weight is 252 g/mol. The van der Waals surface area contributed by atoms with Crippen LogP contribution in [0, 0.1) is 0 Å². The number of carbonyl (C=O) groups excluding carboxylic acids is 1. The minimum absolute atomic E-state index is 0.452. The zero-order valence-electron chi connectivity index (χ0n) is 10.2. The molecule has 0 saturated heterocycles. The Morgan fingerprint density at radius 3 is 2.74 bits per heavy atom. The Balaban J connectivity index is 2.15. The molecule has 0 unspecified atom stereocenters. The number of primary amides is 1. The molecule has 0 fully saturated rings. The summed E-state index contributed by atoms with van der Waals surface area (Å²) in [5.74, 6) is -0.452. The van der Waals surface area contributed by atoms with Crippen molar-refractivity contribution in [3.05, 3.63) is 60.2 Å².